The number of carboxylic acids is 1. The van der Waals surface area contributed by atoms with Crippen molar-refractivity contribution in [3.63, 3.8) is 0 Å². The Hall–Kier alpha value is -3.16. The number of piperidine rings is 1. The lowest BCUT2D eigenvalue weighted by atomic mass is 10.0. The summed E-state index contributed by atoms with van der Waals surface area (Å²) in [5.74, 6) is -3.43. The van der Waals surface area contributed by atoms with E-state index in [2.05, 4.69) is 5.32 Å². The normalized spacial score (nSPS) is 14.6. The van der Waals surface area contributed by atoms with Gasteiger partial charge in [0.1, 0.15) is 18.2 Å². The molecule has 1 saturated heterocycles. The maximum absolute atomic E-state index is 13.9. The third-order valence-corrected chi connectivity index (χ3v) is 4.61. The van der Waals surface area contributed by atoms with Gasteiger partial charge in [0.25, 0.3) is 0 Å². The lowest BCUT2D eigenvalue weighted by Gasteiger charge is -2.32. The summed E-state index contributed by atoms with van der Waals surface area (Å²) in [7, 11) is 0. The zero-order valence-electron chi connectivity index (χ0n) is 15.0. The highest BCUT2D eigenvalue weighted by Gasteiger charge is 2.25. The molecule has 28 heavy (non-hydrogen) atoms. The average molecular weight is 390 g/mol. The molecule has 148 valence electrons. The number of aromatic carboxylic acids is 1. The van der Waals surface area contributed by atoms with E-state index in [4.69, 9.17) is 9.84 Å². The van der Waals surface area contributed by atoms with Crippen LogP contribution in [-0.4, -0.2) is 41.2 Å². The third-order valence-electron chi connectivity index (χ3n) is 4.61. The summed E-state index contributed by atoms with van der Waals surface area (Å²) in [4.78, 5) is 24.7. The minimum absolute atomic E-state index is 0.0658. The topological polar surface area (TPSA) is 78.9 Å². The van der Waals surface area contributed by atoms with Gasteiger partial charge >= 0.3 is 12.1 Å². The van der Waals surface area contributed by atoms with E-state index in [-0.39, 0.29) is 18.3 Å². The Labute approximate surface area is 160 Å². The highest BCUT2D eigenvalue weighted by atomic mass is 19.1. The molecule has 1 aliphatic rings. The number of carbonyl (C=O) groups is 2. The number of benzene rings is 2. The third kappa shape index (κ3) is 4.76. The zero-order chi connectivity index (χ0) is 20.1. The maximum Gasteiger partial charge on any atom is 0.410 e. The lowest BCUT2D eigenvalue weighted by Crippen LogP contribution is -2.42. The van der Waals surface area contributed by atoms with Crippen molar-refractivity contribution in [1.82, 2.24) is 4.90 Å². The van der Waals surface area contributed by atoms with Crippen LogP contribution in [0.15, 0.2) is 42.5 Å². The molecule has 0 atom stereocenters. The number of carboxylic acid groups (broad SMARTS) is 1. The van der Waals surface area contributed by atoms with Crippen LogP contribution in [0.1, 0.15) is 28.8 Å². The Morgan fingerprint density at radius 3 is 2.43 bits per heavy atom. The van der Waals surface area contributed by atoms with E-state index in [1.165, 1.54) is 0 Å². The Bertz CT molecular complexity index is 853. The van der Waals surface area contributed by atoms with Crippen LogP contribution in [0.3, 0.4) is 0 Å². The Morgan fingerprint density at radius 1 is 1.11 bits per heavy atom. The second kappa shape index (κ2) is 8.69. The van der Waals surface area contributed by atoms with Crippen molar-refractivity contribution < 1.29 is 28.2 Å². The van der Waals surface area contributed by atoms with Gasteiger partial charge in [0.05, 0.1) is 11.3 Å². The van der Waals surface area contributed by atoms with Gasteiger partial charge in [-0.05, 0) is 24.5 Å². The zero-order valence-corrected chi connectivity index (χ0v) is 15.0. The summed E-state index contributed by atoms with van der Waals surface area (Å²) in [5, 5.41) is 11.9. The van der Waals surface area contributed by atoms with Crippen molar-refractivity contribution in [2.45, 2.75) is 25.5 Å². The molecule has 2 aromatic carbocycles. The molecular formula is C20H20F2N2O4. The first kappa shape index (κ1) is 19.6. The maximum atomic E-state index is 13.9. The number of ether oxygens (including phenoxy) is 1. The van der Waals surface area contributed by atoms with Gasteiger partial charge in [0.15, 0.2) is 0 Å². The monoisotopic (exact) mass is 390 g/mol. The van der Waals surface area contributed by atoms with Crippen molar-refractivity contribution in [3.05, 3.63) is 65.2 Å². The largest absolute Gasteiger partial charge is 0.478 e. The molecular weight excluding hydrogens is 370 g/mol. The lowest BCUT2D eigenvalue weighted by molar-refractivity contribution is 0.0691. The fourth-order valence-corrected chi connectivity index (χ4v) is 3.06. The summed E-state index contributed by atoms with van der Waals surface area (Å²) < 4.78 is 32.7. The smallest absolute Gasteiger partial charge is 0.410 e. The first-order valence-corrected chi connectivity index (χ1v) is 8.88. The van der Waals surface area contributed by atoms with Crippen LogP contribution in [-0.2, 0) is 11.3 Å². The second-order valence-electron chi connectivity index (χ2n) is 6.56. The number of likely N-dealkylation sites (tertiary alicyclic amines) is 1. The number of anilines is 1. The molecule has 1 heterocycles. The highest BCUT2D eigenvalue weighted by molar-refractivity contribution is 5.89. The van der Waals surface area contributed by atoms with E-state index < -0.39 is 29.3 Å². The minimum Gasteiger partial charge on any atom is -0.478 e. The van der Waals surface area contributed by atoms with Crippen LogP contribution >= 0.6 is 0 Å². The molecule has 3 rings (SSSR count). The van der Waals surface area contributed by atoms with E-state index in [1.54, 1.807) is 4.90 Å². The van der Waals surface area contributed by atoms with Crippen molar-refractivity contribution in [2.75, 3.05) is 18.4 Å². The molecule has 1 aliphatic heterocycles. The molecule has 1 fully saturated rings. The molecule has 0 aliphatic carbocycles. The fraction of sp³-hybridized carbons (Fsp3) is 0.300. The van der Waals surface area contributed by atoms with Gasteiger partial charge in [-0.3, -0.25) is 0 Å². The van der Waals surface area contributed by atoms with E-state index in [1.807, 2.05) is 30.3 Å². The number of rotatable bonds is 5. The standard InChI is InChI=1S/C20H20F2N2O4/c21-16-11-17(22)18(10-15(16)19(25)26)23-14-6-8-24(9-7-14)20(27)28-12-13-4-2-1-3-5-13/h1-5,10-11,14,23H,6-9,12H2,(H,25,26). The Balaban J connectivity index is 1.52. The molecule has 2 N–H and O–H groups in total. The molecule has 1 amide bonds. The number of carbonyl (C=O) groups excluding carboxylic acids is 1. The van der Waals surface area contributed by atoms with Gasteiger partial charge in [-0.1, -0.05) is 30.3 Å². The summed E-state index contributed by atoms with van der Waals surface area (Å²) in [6.07, 6.45) is 0.641. The first-order chi connectivity index (χ1) is 13.4. The van der Waals surface area contributed by atoms with Gasteiger partial charge in [0.2, 0.25) is 0 Å². The van der Waals surface area contributed by atoms with Crippen LogP contribution in [0, 0.1) is 11.6 Å². The molecule has 0 spiro atoms. The van der Waals surface area contributed by atoms with E-state index in [9.17, 15) is 18.4 Å². The van der Waals surface area contributed by atoms with Gasteiger partial charge < -0.3 is 20.1 Å². The van der Waals surface area contributed by atoms with Gasteiger partial charge in [0, 0.05) is 25.2 Å². The van der Waals surface area contributed by atoms with E-state index in [0.29, 0.717) is 32.0 Å². The van der Waals surface area contributed by atoms with E-state index >= 15 is 0 Å². The molecule has 2 aromatic rings. The molecule has 0 unspecified atom stereocenters. The number of hydrogen-bond donors (Lipinski definition) is 2. The van der Waals surface area contributed by atoms with Gasteiger partial charge in [-0.2, -0.15) is 0 Å². The van der Waals surface area contributed by atoms with Gasteiger partial charge in [-0.15, -0.1) is 0 Å². The Kier molecular flexibility index (Phi) is 6.08. The predicted molar refractivity (Wildman–Crippen MR) is 98.2 cm³/mol. The quantitative estimate of drug-likeness (QED) is 0.810. The van der Waals surface area contributed by atoms with Crippen molar-refractivity contribution in [2.24, 2.45) is 0 Å². The fourth-order valence-electron chi connectivity index (χ4n) is 3.06. The molecule has 0 bridgehead atoms. The van der Waals surface area contributed by atoms with Crippen LogP contribution in [0.25, 0.3) is 0 Å². The number of nitrogens with zero attached hydrogens (tertiary/aromatic N) is 1. The SMILES string of the molecule is O=C(O)c1cc(NC2CCN(C(=O)OCc3ccccc3)CC2)c(F)cc1F. The molecule has 6 nitrogen and oxygen atoms in total. The predicted octanol–water partition coefficient (Wildman–Crippen LogP) is 3.88. The van der Waals surface area contributed by atoms with E-state index in [0.717, 1.165) is 11.6 Å². The first-order valence-electron chi connectivity index (χ1n) is 8.88. The van der Waals surface area contributed by atoms with Crippen molar-refractivity contribution in [1.29, 1.82) is 0 Å². The Morgan fingerprint density at radius 2 is 1.79 bits per heavy atom. The summed E-state index contributed by atoms with van der Waals surface area (Å²) in [6.45, 7) is 1.02. The van der Waals surface area contributed by atoms with Crippen LogP contribution in [0.4, 0.5) is 19.3 Å². The van der Waals surface area contributed by atoms with Crippen molar-refractivity contribution in [3.8, 4) is 0 Å². The number of halogens is 2. The van der Waals surface area contributed by atoms with Crippen LogP contribution in [0.5, 0.6) is 0 Å². The molecule has 8 heteroatoms. The second-order valence-corrected chi connectivity index (χ2v) is 6.56. The number of hydrogen-bond acceptors (Lipinski definition) is 4. The van der Waals surface area contributed by atoms with Crippen LogP contribution < -0.4 is 5.32 Å². The minimum atomic E-state index is -1.46. The number of nitrogens with one attached hydrogen (secondary N) is 1. The summed E-state index contributed by atoms with van der Waals surface area (Å²) in [5.41, 5.74) is 0.239. The molecule has 0 saturated carbocycles. The molecule has 0 radical (unpaired) electrons. The summed E-state index contributed by atoms with van der Waals surface area (Å²) in [6, 6.07) is 10.7. The average Bonchev–Trinajstić information content (AvgIpc) is 2.69. The van der Waals surface area contributed by atoms with Gasteiger partial charge in [-0.25, -0.2) is 18.4 Å². The molecule has 0 aromatic heterocycles. The number of amides is 1. The van der Waals surface area contributed by atoms with Crippen LogP contribution in [0.2, 0.25) is 0 Å². The summed E-state index contributed by atoms with van der Waals surface area (Å²) >= 11 is 0. The van der Waals surface area contributed by atoms with Crippen molar-refractivity contribution >= 4 is 17.7 Å². The highest BCUT2D eigenvalue weighted by Crippen LogP contribution is 2.23.